The van der Waals surface area contributed by atoms with Crippen LogP contribution in [0.5, 0.6) is 0 Å². The molecule has 5 heteroatoms. The van der Waals surface area contributed by atoms with Crippen LogP contribution in [0.2, 0.25) is 0 Å². The van der Waals surface area contributed by atoms with E-state index in [9.17, 15) is 9.59 Å². The van der Waals surface area contributed by atoms with Gasteiger partial charge >= 0.3 is 5.97 Å². The molecule has 0 heterocycles. The number of hydrogen-bond donors (Lipinski definition) is 2. The summed E-state index contributed by atoms with van der Waals surface area (Å²) in [6.07, 6.45) is 2.49. The fraction of sp³-hybridized carbons (Fsp3) is 0.818. The van der Waals surface area contributed by atoms with E-state index in [0.717, 1.165) is 12.8 Å². The second kappa shape index (κ2) is 9.15. The van der Waals surface area contributed by atoms with Crippen molar-refractivity contribution < 1.29 is 14.3 Å². The van der Waals surface area contributed by atoms with E-state index in [1.54, 1.807) is 0 Å². The topological polar surface area (TPSA) is 81.4 Å². The highest BCUT2D eigenvalue weighted by molar-refractivity contribution is 5.76. The van der Waals surface area contributed by atoms with Crippen molar-refractivity contribution in [1.29, 1.82) is 0 Å². The number of nitrogens with one attached hydrogen (secondary N) is 1. The Balaban J connectivity index is 3.48. The predicted molar refractivity (Wildman–Crippen MR) is 61.7 cm³/mol. The van der Waals surface area contributed by atoms with Gasteiger partial charge in [0.25, 0.3) is 0 Å². The van der Waals surface area contributed by atoms with E-state index in [0.29, 0.717) is 25.4 Å². The fourth-order valence-corrected chi connectivity index (χ4v) is 1.30. The van der Waals surface area contributed by atoms with Gasteiger partial charge < -0.3 is 15.8 Å². The zero-order chi connectivity index (χ0) is 12.4. The van der Waals surface area contributed by atoms with Gasteiger partial charge in [-0.2, -0.15) is 0 Å². The summed E-state index contributed by atoms with van der Waals surface area (Å²) >= 11 is 0. The van der Waals surface area contributed by atoms with Crippen molar-refractivity contribution in [3.8, 4) is 0 Å². The van der Waals surface area contributed by atoms with Crippen LogP contribution in [0.4, 0.5) is 0 Å². The highest BCUT2D eigenvalue weighted by Crippen LogP contribution is 2.08. The number of methoxy groups -OCH3 is 1. The third kappa shape index (κ3) is 8.23. The maximum absolute atomic E-state index is 11.3. The number of amides is 1. The molecule has 1 amide bonds. The number of hydrogen-bond acceptors (Lipinski definition) is 4. The van der Waals surface area contributed by atoms with E-state index in [-0.39, 0.29) is 18.3 Å². The number of nitrogens with two attached hydrogens (primary N) is 1. The fourth-order valence-electron chi connectivity index (χ4n) is 1.30. The minimum Gasteiger partial charge on any atom is -0.469 e. The number of carbonyl (C=O) groups excluding carboxylic acids is 2. The van der Waals surface area contributed by atoms with Crippen molar-refractivity contribution in [3.63, 3.8) is 0 Å². The minimum atomic E-state index is -0.309. The average molecular weight is 230 g/mol. The van der Waals surface area contributed by atoms with E-state index in [1.165, 1.54) is 7.11 Å². The molecule has 0 aliphatic heterocycles. The van der Waals surface area contributed by atoms with Crippen LogP contribution in [0, 0.1) is 5.92 Å². The molecule has 0 fully saturated rings. The second-order valence-corrected chi connectivity index (χ2v) is 3.90. The zero-order valence-corrected chi connectivity index (χ0v) is 10.1. The van der Waals surface area contributed by atoms with Crippen LogP contribution < -0.4 is 11.1 Å². The molecule has 0 bridgehead atoms. The smallest absolute Gasteiger partial charge is 0.307 e. The molecule has 0 spiro atoms. The van der Waals surface area contributed by atoms with Crippen molar-refractivity contribution in [2.45, 2.75) is 32.6 Å². The highest BCUT2D eigenvalue weighted by atomic mass is 16.5. The molecule has 0 aliphatic carbocycles. The van der Waals surface area contributed by atoms with Crippen molar-refractivity contribution in [3.05, 3.63) is 0 Å². The molecular weight excluding hydrogens is 208 g/mol. The van der Waals surface area contributed by atoms with Gasteiger partial charge in [0.1, 0.15) is 0 Å². The Morgan fingerprint density at radius 3 is 2.56 bits per heavy atom. The van der Waals surface area contributed by atoms with E-state index in [1.807, 2.05) is 0 Å². The molecular formula is C11H22N2O3. The van der Waals surface area contributed by atoms with Crippen LogP contribution in [0.25, 0.3) is 0 Å². The summed E-state index contributed by atoms with van der Waals surface area (Å²) in [4.78, 5) is 22.1. The summed E-state index contributed by atoms with van der Waals surface area (Å²) in [6, 6.07) is 0. The molecule has 0 saturated carbocycles. The number of carbonyl (C=O) groups is 2. The van der Waals surface area contributed by atoms with E-state index < -0.39 is 0 Å². The first kappa shape index (κ1) is 14.9. The van der Waals surface area contributed by atoms with Crippen LogP contribution in [0.1, 0.15) is 32.6 Å². The number of ether oxygens (including phenoxy) is 1. The molecule has 1 atom stereocenters. The molecule has 3 N–H and O–H groups in total. The monoisotopic (exact) mass is 230 g/mol. The highest BCUT2D eigenvalue weighted by Gasteiger charge is 2.06. The molecule has 0 rings (SSSR count). The Hall–Kier alpha value is -1.10. The van der Waals surface area contributed by atoms with Crippen LogP contribution in [0.15, 0.2) is 0 Å². The summed E-state index contributed by atoms with van der Waals surface area (Å²) < 4.78 is 4.46. The summed E-state index contributed by atoms with van der Waals surface area (Å²) in [5, 5.41) is 2.67. The van der Waals surface area contributed by atoms with Gasteiger partial charge in [-0.1, -0.05) is 6.92 Å². The molecule has 5 nitrogen and oxygen atoms in total. The van der Waals surface area contributed by atoms with Gasteiger partial charge in [0.15, 0.2) is 0 Å². The normalized spacial score (nSPS) is 11.9. The molecule has 0 saturated heterocycles. The summed E-state index contributed by atoms with van der Waals surface area (Å²) in [5.74, 6) is 0.140. The van der Waals surface area contributed by atoms with Crippen molar-refractivity contribution in [2.75, 3.05) is 20.2 Å². The maximum Gasteiger partial charge on any atom is 0.307 e. The second-order valence-electron chi connectivity index (χ2n) is 3.90. The molecule has 1 unspecified atom stereocenters. The zero-order valence-electron chi connectivity index (χ0n) is 10.1. The molecule has 0 aromatic carbocycles. The van der Waals surface area contributed by atoms with E-state index in [4.69, 9.17) is 5.73 Å². The molecule has 0 aromatic rings. The average Bonchev–Trinajstić information content (AvgIpc) is 2.26. The summed E-state index contributed by atoms with van der Waals surface area (Å²) in [7, 11) is 1.33. The number of esters is 1. The maximum atomic E-state index is 11.3. The Morgan fingerprint density at radius 1 is 1.31 bits per heavy atom. The summed E-state index contributed by atoms with van der Waals surface area (Å²) in [6.45, 7) is 3.08. The first-order chi connectivity index (χ1) is 7.60. The minimum absolute atomic E-state index is 0.0206. The van der Waals surface area contributed by atoms with Crippen molar-refractivity contribution in [1.82, 2.24) is 5.32 Å². The van der Waals surface area contributed by atoms with Crippen molar-refractivity contribution in [2.24, 2.45) is 11.7 Å². The quantitative estimate of drug-likeness (QED) is 0.592. The lowest BCUT2D eigenvalue weighted by molar-refractivity contribution is -0.140. The molecule has 0 aromatic heterocycles. The lowest BCUT2D eigenvalue weighted by atomic mass is 10.0. The standard InChI is InChI=1S/C11H22N2O3/c1-9(5-7-12)3-4-10(14)13-8-6-11(15)16-2/h9H,3-8,12H2,1-2H3,(H,13,14). The van der Waals surface area contributed by atoms with E-state index >= 15 is 0 Å². The predicted octanol–water partition coefficient (Wildman–Crippen LogP) is 0.431. The van der Waals surface area contributed by atoms with Gasteiger partial charge in [-0.3, -0.25) is 9.59 Å². The first-order valence-corrected chi connectivity index (χ1v) is 5.63. The van der Waals surface area contributed by atoms with Crippen LogP contribution in [-0.4, -0.2) is 32.1 Å². The van der Waals surface area contributed by atoms with Crippen LogP contribution in [-0.2, 0) is 14.3 Å². The Morgan fingerprint density at radius 2 is 2.00 bits per heavy atom. The largest absolute Gasteiger partial charge is 0.469 e. The lowest BCUT2D eigenvalue weighted by Crippen LogP contribution is -2.26. The van der Waals surface area contributed by atoms with Gasteiger partial charge in [-0.05, 0) is 25.3 Å². The van der Waals surface area contributed by atoms with E-state index in [2.05, 4.69) is 17.0 Å². The molecule has 16 heavy (non-hydrogen) atoms. The summed E-state index contributed by atoms with van der Waals surface area (Å²) in [5.41, 5.74) is 5.41. The Labute approximate surface area is 96.7 Å². The van der Waals surface area contributed by atoms with Gasteiger partial charge in [-0.25, -0.2) is 0 Å². The van der Waals surface area contributed by atoms with Gasteiger partial charge in [0.05, 0.1) is 13.5 Å². The lowest BCUT2D eigenvalue weighted by Gasteiger charge is -2.09. The number of rotatable bonds is 8. The van der Waals surface area contributed by atoms with Crippen molar-refractivity contribution >= 4 is 11.9 Å². The third-order valence-electron chi connectivity index (χ3n) is 2.40. The van der Waals surface area contributed by atoms with Gasteiger partial charge in [0, 0.05) is 13.0 Å². The molecule has 0 radical (unpaired) electrons. The van der Waals surface area contributed by atoms with Crippen LogP contribution >= 0.6 is 0 Å². The third-order valence-corrected chi connectivity index (χ3v) is 2.40. The van der Waals surface area contributed by atoms with Crippen LogP contribution in [0.3, 0.4) is 0 Å². The Kier molecular flexibility index (Phi) is 8.52. The van der Waals surface area contributed by atoms with Gasteiger partial charge in [0.2, 0.25) is 5.91 Å². The molecule has 0 aliphatic rings. The first-order valence-electron chi connectivity index (χ1n) is 5.63. The van der Waals surface area contributed by atoms with Gasteiger partial charge in [-0.15, -0.1) is 0 Å². The molecule has 94 valence electrons. The Bertz CT molecular complexity index is 219. The SMILES string of the molecule is COC(=O)CCNC(=O)CCC(C)CCN.